The highest BCUT2D eigenvalue weighted by molar-refractivity contribution is 6.02. The third-order valence-electron chi connectivity index (χ3n) is 8.48. The summed E-state index contributed by atoms with van der Waals surface area (Å²) in [5, 5.41) is 16.0. The number of rotatable bonds is 9. The average molecular weight is 583 g/mol. The van der Waals surface area contributed by atoms with Gasteiger partial charge in [0.2, 0.25) is 11.7 Å². The van der Waals surface area contributed by atoms with Crippen LogP contribution < -0.4 is 15.0 Å². The number of carbonyl (C=O) groups excluding carboxylic acids is 2. The summed E-state index contributed by atoms with van der Waals surface area (Å²) in [6, 6.07) is 16.2. The molecule has 0 aliphatic heterocycles. The number of hydrogen-bond acceptors (Lipinski definition) is 7. The van der Waals surface area contributed by atoms with Gasteiger partial charge in [-0.05, 0) is 97.7 Å². The Balaban J connectivity index is 1.41. The molecule has 10 heteroatoms. The number of methoxy groups -OCH3 is 1. The van der Waals surface area contributed by atoms with Crippen molar-refractivity contribution in [3.63, 3.8) is 0 Å². The van der Waals surface area contributed by atoms with Crippen molar-refractivity contribution in [1.29, 1.82) is 0 Å². The van der Waals surface area contributed by atoms with Crippen molar-refractivity contribution in [3.05, 3.63) is 77.0 Å². The molecule has 6 rings (SSSR count). The molecule has 0 saturated heterocycles. The van der Waals surface area contributed by atoms with Gasteiger partial charge in [-0.3, -0.25) is 14.5 Å². The van der Waals surface area contributed by atoms with Gasteiger partial charge in [0.15, 0.2) is 5.76 Å². The molecule has 0 spiro atoms. The van der Waals surface area contributed by atoms with Gasteiger partial charge in [-0.1, -0.05) is 43.5 Å². The van der Waals surface area contributed by atoms with E-state index < -0.39 is 6.04 Å². The molecule has 224 valence electrons. The SMILES string of the molecule is COc1ccc(C(C(=O)NC2CCCCC2)N(C(=O)Cn2nnc(-c3ccc(C)o3)n2)c2cccc3c2CCCC3)cc1. The predicted octanol–water partition coefficient (Wildman–Crippen LogP) is 5.35. The lowest BCUT2D eigenvalue weighted by Gasteiger charge is -2.35. The van der Waals surface area contributed by atoms with Crippen LogP contribution in [0.15, 0.2) is 59.0 Å². The molecule has 43 heavy (non-hydrogen) atoms. The van der Waals surface area contributed by atoms with Gasteiger partial charge >= 0.3 is 0 Å². The molecule has 10 nitrogen and oxygen atoms in total. The molecule has 2 aromatic carbocycles. The third-order valence-corrected chi connectivity index (χ3v) is 8.48. The van der Waals surface area contributed by atoms with Crippen molar-refractivity contribution in [1.82, 2.24) is 25.5 Å². The minimum absolute atomic E-state index is 0.0833. The third kappa shape index (κ3) is 6.33. The summed E-state index contributed by atoms with van der Waals surface area (Å²) in [4.78, 5) is 31.7. The number of fused-ring (bicyclic) bond motifs is 1. The van der Waals surface area contributed by atoms with E-state index in [2.05, 4.69) is 26.8 Å². The Hall–Kier alpha value is -4.47. The molecule has 0 bridgehead atoms. The fourth-order valence-corrected chi connectivity index (χ4v) is 6.30. The Bertz CT molecular complexity index is 1570. The first-order chi connectivity index (χ1) is 21.0. The molecule has 2 amide bonds. The van der Waals surface area contributed by atoms with Gasteiger partial charge < -0.3 is 14.5 Å². The molecule has 2 heterocycles. The fraction of sp³-hybridized carbons (Fsp3) is 0.424. The molecule has 1 fully saturated rings. The number of nitrogens with one attached hydrogen (secondary N) is 1. The van der Waals surface area contributed by atoms with E-state index in [0.717, 1.165) is 68.4 Å². The number of benzene rings is 2. The highest BCUT2D eigenvalue weighted by Crippen LogP contribution is 2.36. The van der Waals surface area contributed by atoms with Crippen molar-refractivity contribution >= 4 is 17.5 Å². The normalized spacial score (nSPS) is 15.9. The highest BCUT2D eigenvalue weighted by atomic mass is 16.5. The van der Waals surface area contributed by atoms with E-state index in [1.54, 1.807) is 18.1 Å². The summed E-state index contributed by atoms with van der Waals surface area (Å²) in [6.07, 6.45) is 9.16. The van der Waals surface area contributed by atoms with Crippen LogP contribution in [-0.4, -0.2) is 45.2 Å². The Morgan fingerprint density at radius 3 is 2.56 bits per heavy atom. The van der Waals surface area contributed by atoms with Crippen LogP contribution in [0.25, 0.3) is 11.6 Å². The largest absolute Gasteiger partial charge is 0.497 e. The summed E-state index contributed by atoms with van der Waals surface area (Å²) in [7, 11) is 1.61. The second-order valence-electron chi connectivity index (χ2n) is 11.5. The van der Waals surface area contributed by atoms with Gasteiger partial charge in [0.05, 0.1) is 7.11 Å². The van der Waals surface area contributed by atoms with Crippen LogP contribution in [0.4, 0.5) is 5.69 Å². The number of furan rings is 1. The second kappa shape index (κ2) is 12.8. The number of anilines is 1. The molecule has 2 aliphatic carbocycles. The number of ether oxygens (including phenoxy) is 1. The van der Waals surface area contributed by atoms with Gasteiger partial charge in [-0.2, -0.15) is 4.80 Å². The first kappa shape index (κ1) is 28.6. The molecule has 2 aliphatic rings. The minimum atomic E-state index is -0.899. The summed E-state index contributed by atoms with van der Waals surface area (Å²) < 4.78 is 11.1. The van der Waals surface area contributed by atoms with Gasteiger partial charge in [-0.15, -0.1) is 10.2 Å². The maximum Gasteiger partial charge on any atom is 0.251 e. The van der Waals surface area contributed by atoms with Crippen LogP contribution >= 0.6 is 0 Å². The van der Waals surface area contributed by atoms with Gasteiger partial charge in [0.25, 0.3) is 5.91 Å². The van der Waals surface area contributed by atoms with Crippen molar-refractivity contribution < 1.29 is 18.7 Å². The van der Waals surface area contributed by atoms with E-state index in [0.29, 0.717) is 22.9 Å². The lowest BCUT2D eigenvalue weighted by atomic mass is 9.89. The van der Waals surface area contributed by atoms with Crippen LogP contribution in [0, 0.1) is 6.92 Å². The number of hydrogen-bond donors (Lipinski definition) is 1. The van der Waals surface area contributed by atoms with Crippen molar-refractivity contribution in [2.24, 2.45) is 0 Å². The van der Waals surface area contributed by atoms with Crippen molar-refractivity contribution in [2.75, 3.05) is 12.0 Å². The molecule has 1 saturated carbocycles. The van der Waals surface area contributed by atoms with E-state index in [-0.39, 0.29) is 24.4 Å². The topological polar surface area (TPSA) is 115 Å². The van der Waals surface area contributed by atoms with Crippen LogP contribution in [0.2, 0.25) is 0 Å². The molecule has 2 aromatic heterocycles. The van der Waals surface area contributed by atoms with E-state index in [1.807, 2.05) is 49.4 Å². The first-order valence-corrected chi connectivity index (χ1v) is 15.2. The minimum Gasteiger partial charge on any atom is -0.497 e. The number of nitrogens with zero attached hydrogens (tertiary/aromatic N) is 5. The standard InChI is InChI=1S/C33H38N6O4/c1-22-15-20-29(43-22)32-35-37-38(36-32)21-30(40)39(28-14-8-10-23-9-6-7-13-27(23)28)31(24-16-18-26(42-2)19-17-24)33(41)34-25-11-4-3-5-12-25/h8,10,14-20,25,31H,3-7,9,11-13,21H2,1-2H3,(H,34,41). The zero-order chi connectivity index (χ0) is 29.8. The summed E-state index contributed by atoms with van der Waals surface area (Å²) >= 11 is 0. The van der Waals surface area contributed by atoms with Gasteiger partial charge in [0, 0.05) is 11.7 Å². The smallest absolute Gasteiger partial charge is 0.251 e. The average Bonchev–Trinajstić information content (AvgIpc) is 3.69. The number of amides is 2. The summed E-state index contributed by atoms with van der Waals surface area (Å²) in [6.45, 7) is 1.65. The van der Waals surface area contributed by atoms with Gasteiger partial charge in [0.1, 0.15) is 24.1 Å². The highest BCUT2D eigenvalue weighted by Gasteiger charge is 2.36. The van der Waals surface area contributed by atoms with Crippen LogP contribution in [0.3, 0.4) is 0 Å². The van der Waals surface area contributed by atoms with Gasteiger partial charge in [-0.25, -0.2) is 0 Å². The Morgan fingerprint density at radius 2 is 1.81 bits per heavy atom. The van der Waals surface area contributed by atoms with E-state index in [1.165, 1.54) is 16.8 Å². The molecule has 4 aromatic rings. The molecule has 0 radical (unpaired) electrons. The lowest BCUT2D eigenvalue weighted by Crippen LogP contribution is -2.48. The molecule has 1 atom stereocenters. The summed E-state index contributed by atoms with van der Waals surface area (Å²) in [5.41, 5.74) is 3.79. The lowest BCUT2D eigenvalue weighted by molar-refractivity contribution is -0.127. The predicted molar refractivity (Wildman–Crippen MR) is 162 cm³/mol. The Kier molecular flexibility index (Phi) is 8.53. The molecule has 1 N–H and O–H groups in total. The van der Waals surface area contributed by atoms with Crippen molar-refractivity contribution in [3.8, 4) is 17.3 Å². The van der Waals surface area contributed by atoms with E-state index in [9.17, 15) is 9.59 Å². The zero-order valence-electron chi connectivity index (χ0n) is 24.8. The van der Waals surface area contributed by atoms with Crippen LogP contribution in [0.1, 0.15) is 73.4 Å². The number of tetrazole rings is 1. The quantitative estimate of drug-likeness (QED) is 0.283. The number of aromatic nitrogens is 4. The Morgan fingerprint density at radius 1 is 1.02 bits per heavy atom. The first-order valence-electron chi connectivity index (χ1n) is 15.2. The number of carbonyl (C=O) groups is 2. The summed E-state index contributed by atoms with van der Waals surface area (Å²) in [5.74, 6) is 1.68. The van der Waals surface area contributed by atoms with E-state index in [4.69, 9.17) is 9.15 Å². The van der Waals surface area contributed by atoms with Crippen LogP contribution in [-0.2, 0) is 29.0 Å². The Labute approximate surface area is 251 Å². The fourth-order valence-electron chi connectivity index (χ4n) is 6.30. The molecular weight excluding hydrogens is 544 g/mol. The maximum atomic E-state index is 14.5. The monoisotopic (exact) mass is 582 g/mol. The number of aryl methyl sites for hydroxylation is 2. The maximum absolute atomic E-state index is 14.5. The second-order valence-corrected chi connectivity index (χ2v) is 11.5. The van der Waals surface area contributed by atoms with E-state index >= 15 is 0 Å². The molecule has 1 unspecified atom stereocenters. The zero-order valence-corrected chi connectivity index (χ0v) is 24.8. The van der Waals surface area contributed by atoms with Crippen molar-refractivity contribution in [2.45, 2.75) is 83.3 Å². The molecular formula is C33H38N6O4. The van der Waals surface area contributed by atoms with Crippen LogP contribution in [0.5, 0.6) is 5.75 Å².